The molecule has 1 aliphatic heterocycles. The molecule has 1 aliphatic rings. The smallest absolute Gasteiger partial charge is 0.240 e. The minimum Gasteiger partial charge on any atom is -0.376 e. The highest BCUT2D eigenvalue weighted by Crippen LogP contribution is 2.30. The lowest BCUT2D eigenvalue weighted by atomic mass is 9.91. The molecule has 2 N–H and O–H groups in total. The molecule has 22 heavy (non-hydrogen) atoms. The summed E-state index contributed by atoms with van der Waals surface area (Å²) in [5.41, 5.74) is 3.40. The van der Waals surface area contributed by atoms with E-state index < -0.39 is 0 Å². The normalized spacial score (nSPS) is 22.1. The zero-order valence-electron chi connectivity index (χ0n) is 12.4. The van der Waals surface area contributed by atoms with E-state index in [4.69, 9.17) is 32.8 Å². The van der Waals surface area contributed by atoms with Crippen molar-refractivity contribution >= 4 is 29.1 Å². The Bertz CT molecular complexity index is 514. The van der Waals surface area contributed by atoms with Crippen LogP contribution in [0.3, 0.4) is 0 Å². The number of hydrogen-bond donors (Lipinski definition) is 2. The summed E-state index contributed by atoms with van der Waals surface area (Å²) in [6.45, 7) is 4.04. The predicted octanol–water partition coefficient (Wildman–Crippen LogP) is 2.52. The fourth-order valence-electron chi connectivity index (χ4n) is 2.48. The molecule has 0 unspecified atom stereocenters. The van der Waals surface area contributed by atoms with Crippen LogP contribution in [0.5, 0.6) is 0 Å². The van der Waals surface area contributed by atoms with Crippen LogP contribution in [0.15, 0.2) is 18.2 Å². The Morgan fingerprint density at radius 3 is 3.00 bits per heavy atom. The first-order valence-corrected chi connectivity index (χ1v) is 7.99. The van der Waals surface area contributed by atoms with Gasteiger partial charge in [0.1, 0.15) is 0 Å². The molecule has 0 bridgehead atoms. The van der Waals surface area contributed by atoms with E-state index in [0.29, 0.717) is 29.7 Å². The van der Waals surface area contributed by atoms with Crippen molar-refractivity contribution in [2.24, 2.45) is 0 Å². The molecule has 0 saturated carbocycles. The summed E-state index contributed by atoms with van der Waals surface area (Å²) in [5, 5.41) is 4.44. The van der Waals surface area contributed by atoms with E-state index in [0.717, 1.165) is 18.7 Å². The summed E-state index contributed by atoms with van der Waals surface area (Å²) in [6.07, 6.45) is 0.661. The number of ether oxygens (including phenoxy) is 1. The molecular weight excluding hydrogens is 327 g/mol. The Kier molecular flexibility index (Phi) is 6.92. The standard InChI is InChI=1S/C15H20Cl2N2O3/c1-10(20)19-22-6-4-15-12(9-18-5-7-21-15)11-2-3-13(16)14(17)8-11/h2-3,8,12,15,18H,4-7,9H2,1H3,(H,19,20)/t12-,15+/m0/s1. The molecule has 0 aromatic heterocycles. The van der Waals surface area contributed by atoms with Crippen LogP contribution in [-0.2, 0) is 14.4 Å². The van der Waals surface area contributed by atoms with Crippen molar-refractivity contribution in [3.05, 3.63) is 33.8 Å². The third kappa shape index (κ3) is 5.11. The Morgan fingerprint density at radius 2 is 2.27 bits per heavy atom. The lowest BCUT2D eigenvalue weighted by Crippen LogP contribution is -2.29. The lowest BCUT2D eigenvalue weighted by Gasteiger charge is -2.25. The Hall–Kier alpha value is -0.850. The van der Waals surface area contributed by atoms with Crippen LogP contribution < -0.4 is 10.8 Å². The van der Waals surface area contributed by atoms with Crippen molar-refractivity contribution in [3.63, 3.8) is 0 Å². The Labute approximate surface area is 140 Å². The van der Waals surface area contributed by atoms with E-state index in [1.165, 1.54) is 6.92 Å². The Balaban J connectivity index is 2.03. The van der Waals surface area contributed by atoms with Crippen molar-refractivity contribution in [1.82, 2.24) is 10.8 Å². The average Bonchev–Trinajstić information content (AvgIpc) is 2.72. The highest BCUT2D eigenvalue weighted by molar-refractivity contribution is 6.42. The maximum Gasteiger partial charge on any atom is 0.240 e. The third-order valence-corrected chi connectivity index (χ3v) is 4.25. The second-order valence-electron chi connectivity index (χ2n) is 5.19. The van der Waals surface area contributed by atoms with Crippen molar-refractivity contribution < 1.29 is 14.4 Å². The SMILES string of the molecule is CC(=O)NOCC[C@H]1OCCNC[C@H]1c1ccc(Cl)c(Cl)c1. The van der Waals surface area contributed by atoms with Gasteiger partial charge in [-0.1, -0.05) is 29.3 Å². The van der Waals surface area contributed by atoms with E-state index in [2.05, 4.69) is 10.8 Å². The Morgan fingerprint density at radius 1 is 1.45 bits per heavy atom. The summed E-state index contributed by atoms with van der Waals surface area (Å²) < 4.78 is 5.92. The fraction of sp³-hybridized carbons (Fsp3) is 0.533. The van der Waals surface area contributed by atoms with Crippen LogP contribution in [0.25, 0.3) is 0 Å². The largest absolute Gasteiger partial charge is 0.376 e. The molecule has 1 fully saturated rings. The first kappa shape index (κ1) is 17.5. The third-order valence-electron chi connectivity index (χ3n) is 3.52. The maximum absolute atomic E-state index is 10.8. The van der Waals surface area contributed by atoms with Crippen LogP contribution >= 0.6 is 23.2 Å². The number of rotatable bonds is 5. The van der Waals surface area contributed by atoms with Gasteiger partial charge in [0, 0.05) is 32.4 Å². The molecule has 2 rings (SSSR count). The molecule has 1 aromatic carbocycles. The summed E-state index contributed by atoms with van der Waals surface area (Å²) in [6, 6.07) is 5.65. The van der Waals surface area contributed by atoms with Gasteiger partial charge in [-0.15, -0.1) is 0 Å². The molecule has 1 saturated heterocycles. The topological polar surface area (TPSA) is 59.6 Å². The minimum atomic E-state index is -0.218. The van der Waals surface area contributed by atoms with Gasteiger partial charge in [0.15, 0.2) is 0 Å². The van der Waals surface area contributed by atoms with E-state index in [-0.39, 0.29) is 17.9 Å². The molecule has 0 aliphatic carbocycles. The van der Waals surface area contributed by atoms with Gasteiger partial charge in [0.25, 0.3) is 0 Å². The number of amides is 1. The second kappa shape index (κ2) is 8.70. The van der Waals surface area contributed by atoms with Gasteiger partial charge in [0.05, 0.1) is 29.4 Å². The molecular formula is C15H20Cl2N2O3. The lowest BCUT2D eigenvalue weighted by molar-refractivity contribution is -0.132. The first-order valence-electron chi connectivity index (χ1n) is 7.23. The van der Waals surface area contributed by atoms with Crippen molar-refractivity contribution in [3.8, 4) is 0 Å². The number of nitrogens with one attached hydrogen (secondary N) is 2. The zero-order chi connectivity index (χ0) is 15.9. The van der Waals surface area contributed by atoms with Crippen molar-refractivity contribution in [2.45, 2.75) is 25.4 Å². The first-order chi connectivity index (χ1) is 10.6. The van der Waals surface area contributed by atoms with E-state index >= 15 is 0 Å². The van der Waals surface area contributed by atoms with Crippen molar-refractivity contribution in [2.75, 3.05) is 26.3 Å². The van der Waals surface area contributed by atoms with Gasteiger partial charge < -0.3 is 10.1 Å². The molecule has 5 nitrogen and oxygen atoms in total. The highest BCUT2D eigenvalue weighted by Gasteiger charge is 2.26. The number of carbonyl (C=O) groups excluding carboxylic acids is 1. The van der Waals surface area contributed by atoms with Crippen LogP contribution in [-0.4, -0.2) is 38.3 Å². The molecule has 1 heterocycles. The number of hydrogen-bond acceptors (Lipinski definition) is 4. The second-order valence-corrected chi connectivity index (χ2v) is 6.00. The summed E-state index contributed by atoms with van der Waals surface area (Å²) in [5.74, 6) is -0.0670. The number of benzene rings is 1. The average molecular weight is 347 g/mol. The van der Waals surface area contributed by atoms with Crippen LogP contribution in [0.1, 0.15) is 24.8 Å². The molecule has 1 aromatic rings. The van der Waals surface area contributed by atoms with Gasteiger partial charge in [0.2, 0.25) is 5.91 Å². The predicted molar refractivity (Wildman–Crippen MR) is 86.2 cm³/mol. The van der Waals surface area contributed by atoms with Crippen LogP contribution in [0.2, 0.25) is 10.0 Å². The fourth-order valence-corrected chi connectivity index (χ4v) is 2.78. The van der Waals surface area contributed by atoms with E-state index in [1.54, 1.807) is 6.07 Å². The molecule has 0 spiro atoms. The molecule has 0 radical (unpaired) electrons. The molecule has 2 atom stereocenters. The van der Waals surface area contributed by atoms with Crippen LogP contribution in [0.4, 0.5) is 0 Å². The van der Waals surface area contributed by atoms with Gasteiger partial charge >= 0.3 is 0 Å². The number of carbonyl (C=O) groups is 1. The molecule has 1 amide bonds. The highest BCUT2D eigenvalue weighted by atomic mass is 35.5. The number of hydroxylamine groups is 1. The molecule has 122 valence electrons. The summed E-state index contributed by atoms with van der Waals surface area (Å²) in [7, 11) is 0. The van der Waals surface area contributed by atoms with Gasteiger partial charge in [-0.3, -0.25) is 9.63 Å². The van der Waals surface area contributed by atoms with E-state index in [1.807, 2.05) is 12.1 Å². The van der Waals surface area contributed by atoms with Crippen LogP contribution in [0, 0.1) is 0 Å². The van der Waals surface area contributed by atoms with Gasteiger partial charge in [-0.2, -0.15) is 0 Å². The monoisotopic (exact) mass is 346 g/mol. The maximum atomic E-state index is 10.8. The quantitative estimate of drug-likeness (QED) is 0.635. The van der Waals surface area contributed by atoms with Gasteiger partial charge in [-0.25, -0.2) is 5.48 Å². The minimum absolute atomic E-state index is 0.0130. The van der Waals surface area contributed by atoms with Crippen molar-refractivity contribution in [1.29, 1.82) is 0 Å². The zero-order valence-corrected chi connectivity index (χ0v) is 13.9. The number of halogens is 2. The van der Waals surface area contributed by atoms with Gasteiger partial charge in [-0.05, 0) is 17.7 Å². The van der Waals surface area contributed by atoms with E-state index in [9.17, 15) is 4.79 Å². The summed E-state index contributed by atoms with van der Waals surface area (Å²) >= 11 is 12.1. The summed E-state index contributed by atoms with van der Waals surface area (Å²) in [4.78, 5) is 15.9. The molecule has 7 heteroatoms.